The van der Waals surface area contributed by atoms with Gasteiger partial charge in [-0.3, -0.25) is 4.79 Å². The van der Waals surface area contributed by atoms with Crippen LogP contribution in [0.25, 0.3) is 0 Å². The van der Waals surface area contributed by atoms with Gasteiger partial charge in [-0.15, -0.1) is 0 Å². The van der Waals surface area contributed by atoms with Gasteiger partial charge in [0.2, 0.25) is 0 Å². The van der Waals surface area contributed by atoms with Crippen LogP contribution in [0.15, 0.2) is 16.6 Å². The van der Waals surface area contributed by atoms with Crippen molar-refractivity contribution in [3.05, 3.63) is 27.2 Å². The molecule has 94 valence electrons. The number of rotatable bonds is 2. The van der Waals surface area contributed by atoms with E-state index in [4.69, 9.17) is 22.0 Å². The van der Waals surface area contributed by atoms with Gasteiger partial charge in [-0.1, -0.05) is 11.6 Å². The van der Waals surface area contributed by atoms with Crippen molar-refractivity contribution < 1.29 is 14.7 Å². The molecule has 0 saturated heterocycles. The molecule has 0 aromatic heterocycles. The summed E-state index contributed by atoms with van der Waals surface area (Å²) in [5, 5.41) is 18.1. The Kier molecular flexibility index (Phi) is 4.70. The van der Waals surface area contributed by atoms with E-state index in [2.05, 4.69) is 15.9 Å². The quantitative estimate of drug-likeness (QED) is 0.844. The number of hydrogen-bond donors (Lipinski definition) is 1. The monoisotopic (exact) mass is 330 g/mol. The molecule has 1 aromatic carbocycles. The fourth-order valence-electron chi connectivity index (χ4n) is 1.44. The van der Waals surface area contributed by atoms with Crippen LogP contribution >= 0.6 is 27.5 Å². The highest BCUT2D eigenvalue weighted by Gasteiger charge is 2.25. The number of carbonyl (C=O) groups excluding carboxylic acids is 1. The lowest BCUT2D eigenvalue weighted by molar-refractivity contribution is -0.148. The van der Waals surface area contributed by atoms with E-state index in [-0.39, 0.29) is 17.8 Å². The number of halogens is 2. The molecular formula is C11H8BrClN2O3. The van der Waals surface area contributed by atoms with Crippen molar-refractivity contribution in [2.24, 2.45) is 0 Å². The minimum Gasteiger partial charge on any atom is -0.474 e. The molecule has 18 heavy (non-hydrogen) atoms. The summed E-state index contributed by atoms with van der Waals surface area (Å²) < 4.78 is 0.392. The van der Waals surface area contributed by atoms with E-state index in [9.17, 15) is 9.59 Å². The van der Waals surface area contributed by atoms with E-state index < -0.39 is 11.9 Å². The van der Waals surface area contributed by atoms with Crippen molar-refractivity contribution in [3.63, 3.8) is 0 Å². The molecule has 0 radical (unpaired) electrons. The molecule has 0 bridgehead atoms. The maximum atomic E-state index is 11.5. The van der Waals surface area contributed by atoms with Crippen molar-refractivity contribution in [1.82, 2.24) is 0 Å². The summed E-state index contributed by atoms with van der Waals surface area (Å²) in [6.45, 7) is 1.74. The second-order valence-electron chi connectivity index (χ2n) is 3.25. The van der Waals surface area contributed by atoms with Gasteiger partial charge in [0.15, 0.2) is 0 Å². The third kappa shape index (κ3) is 2.81. The molecule has 7 heteroatoms. The zero-order chi connectivity index (χ0) is 13.9. The lowest BCUT2D eigenvalue weighted by Crippen LogP contribution is -2.37. The number of carboxylic acid groups (broad SMARTS) is 1. The number of nitriles is 1. The predicted molar refractivity (Wildman–Crippen MR) is 69.5 cm³/mol. The molecule has 1 N–H and O–H groups in total. The Balaban J connectivity index is 3.43. The number of likely N-dealkylation sites (N-methyl/N-ethyl adjacent to an activating group) is 1. The van der Waals surface area contributed by atoms with E-state index in [0.717, 1.165) is 4.90 Å². The number of carboxylic acids is 1. The van der Waals surface area contributed by atoms with Crippen molar-refractivity contribution in [2.45, 2.75) is 6.92 Å². The van der Waals surface area contributed by atoms with Crippen LogP contribution in [0.2, 0.25) is 5.02 Å². The number of benzene rings is 1. The molecule has 0 unspecified atom stereocenters. The molecule has 0 aliphatic rings. The third-order valence-electron chi connectivity index (χ3n) is 2.16. The van der Waals surface area contributed by atoms with E-state index in [1.165, 1.54) is 12.1 Å². The van der Waals surface area contributed by atoms with Gasteiger partial charge in [-0.25, -0.2) is 4.79 Å². The summed E-state index contributed by atoms with van der Waals surface area (Å²) >= 11 is 8.97. The van der Waals surface area contributed by atoms with E-state index in [0.29, 0.717) is 9.50 Å². The largest absolute Gasteiger partial charge is 0.474 e. The highest BCUT2D eigenvalue weighted by Crippen LogP contribution is 2.33. The zero-order valence-electron chi connectivity index (χ0n) is 9.28. The van der Waals surface area contributed by atoms with Gasteiger partial charge in [0.25, 0.3) is 0 Å². The summed E-state index contributed by atoms with van der Waals surface area (Å²) in [4.78, 5) is 23.3. The first kappa shape index (κ1) is 14.5. The molecule has 0 fully saturated rings. The molecule has 0 aliphatic carbocycles. The Hall–Kier alpha value is -1.58. The number of carbonyl (C=O) groups is 2. The first-order chi connectivity index (χ1) is 8.42. The summed E-state index contributed by atoms with van der Waals surface area (Å²) in [6, 6.07) is 4.75. The lowest BCUT2D eigenvalue weighted by atomic mass is 10.1. The van der Waals surface area contributed by atoms with Gasteiger partial charge in [0.05, 0.1) is 11.3 Å². The lowest BCUT2D eigenvalue weighted by Gasteiger charge is -2.21. The first-order valence-electron chi connectivity index (χ1n) is 4.86. The van der Waals surface area contributed by atoms with Gasteiger partial charge in [-0.2, -0.15) is 5.26 Å². The van der Waals surface area contributed by atoms with E-state index >= 15 is 0 Å². The van der Waals surface area contributed by atoms with Crippen LogP contribution in [0.4, 0.5) is 5.69 Å². The van der Waals surface area contributed by atoms with Gasteiger partial charge in [0, 0.05) is 16.0 Å². The van der Waals surface area contributed by atoms with Crippen LogP contribution in [0.3, 0.4) is 0 Å². The molecule has 1 rings (SSSR count). The van der Waals surface area contributed by atoms with E-state index in [1.807, 2.05) is 6.07 Å². The van der Waals surface area contributed by atoms with Crippen molar-refractivity contribution in [3.8, 4) is 6.07 Å². The normalized spacial score (nSPS) is 9.67. The fraction of sp³-hybridized carbons (Fsp3) is 0.182. The smallest absolute Gasteiger partial charge is 0.394 e. The van der Waals surface area contributed by atoms with Crippen LogP contribution in [-0.2, 0) is 9.59 Å². The average Bonchev–Trinajstić information content (AvgIpc) is 2.31. The molecule has 0 heterocycles. The van der Waals surface area contributed by atoms with Crippen LogP contribution < -0.4 is 4.90 Å². The SMILES string of the molecule is CCN(C(=O)C(=O)O)c1c(Br)cc(Cl)cc1C#N. The summed E-state index contributed by atoms with van der Waals surface area (Å²) in [6.07, 6.45) is 0. The summed E-state index contributed by atoms with van der Waals surface area (Å²) in [7, 11) is 0. The molecule has 0 spiro atoms. The van der Waals surface area contributed by atoms with Gasteiger partial charge >= 0.3 is 11.9 Å². The Bertz CT molecular complexity index is 554. The number of amides is 1. The second-order valence-corrected chi connectivity index (χ2v) is 4.54. The highest BCUT2D eigenvalue weighted by molar-refractivity contribution is 9.10. The van der Waals surface area contributed by atoms with Crippen molar-refractivity contribution >= 4 is 45.1 Å². The molecule has 5 nitrogen and oxygen atoms in total. The average molecular weight is 332 g/mol. The van der Waals surface area contributed by atoms with Gasteiger partial charge < -0.3 is 10.0 Å². The number of nitrogens with zero attached hydrogens (tertiary/aromatic N) is 2. The number of aliphatic carboxylic acids is 1. The van der Waals surface area contributed by atoms with Crippen LogP contribution in [0.5, 0.6) is 0 Å². The molecule has 0 saturated carbocycles. The minimum absolute atomic E-state index is 0.125. The fourth-order valence-corrected chi connectivity index (χ4v) is 2.47. The predicted octanol–water partition coefficient (Wildman–Crippen LogP) is 2.41. The number of anilines is 1. The molecular weight excluding hydrogens is 323 g/mol. The maximum Gasteiger partial charge on any atom is 0.394 e. The standard InChI is InChI=1S/C11H8BrClN2O3/c1-2-15(10(16)11(17)18)9-6(5-14)3-7(13)4-8(9)12/h3-4H,2H2,1H3,(H,17,18). The zero-order valence-corrected chi connectivity index (χ0v) is 11.6. The van der Waals surface area contributed by atoms with Crippen LogP contribution in [-0.4, -0.2) is 23.5 Å². The molecule has 0 aliphatic heterocycles. The van der Waals surface area contributed by atoms with E-state index in [1.54, 1.807) is 6.92 Å². The van der Waals surface area contributed by atoms with Gasteiger partial charge in [-0.05, 0) is 35.0 Å². The highest BCUT2D eigenvalue weighted by atomic mass is 79.9. The molecule has 0 atom stereocenters. The Morgan fingerprint density at radius 2 is 2.17 bits per heavy atom. The summed E-state index contributed by atoms with van der Waals surface area (Å²) in [5.74, 6) is -2.68. The Labute approximate surface area is 117 Å². The minimum atomic E-state index is -1.58. The van der Waals surface area contributed by atoms with Crippen LogP contribution in [0.1, 0.15) is 12.5 Å². The topological polar surface area (TPSA) is 81.4 Å². The van der Waals surface area contributed by atoms with Crippen molar-refractivity contribution in [1.29, 1.82) is 5.26 Å². The second kappa shape index (κ2) is 5.85. The Morgan fingerprint density at radius 1 is 1.56 bits per heavy atom. The van der Waals surface area contributed by atoms with Gasteiger partial charge in [0.1, 0.15) is 6.07 Å². The first-order valence-corrected chi connectivity index (χ1v) is 6.03. The molecule has 1 aromatic rings. The third-order valence-corrected chi connectivity index (χ3v) is 2.99. The van der Waals surface area contributed by atoms with Crippen LogP contribution in [0, 0.1) is 11.3 Å². The van der Waals surface area contributed by atoms with Crippen molar-refractivity contribution in [2.75, 3.05) is 11.4 Å². The maximum absolute atomic E-state index is 11.5. The molecule has 1 amide bonds. The Morgan fingerprint density at radius 3 is 2.61 bits per heavy atom. The summed E-state index contributed by atoms with van der Waals surface area (Å²) in [5.41, 5.74) is 0.336. The number of hydrogen-bond acceptors (Lipinski definition) is 3.